The van der Waals surface area contributed by atoms with E-state index in [1.807, 2.05) is 6.08 Å². The molecule has 0 radical (unpaired) electrons. The predicted molar refractivity (Wildman–Crippen MR) is 35.4 cm³/mol. The molecular formula is C5H7N3O2. The fourth-order valence-corrected chi connectivity index (χ4v) is 0.616. The van der Waals surface area contributed by atoms with Crippen molar-refractivity contribution in [3.05, 3.63) is 34.4 Å². The third kappa shape index (κ3) is 1.77. The maximum Gasteiger partial charge on any atom is 0.274 e. The van der Waals surface area contributed by atoms with E-state index in [1.54, 1.807) is 6.20 Å². The van der Waals surface area contributed by atoms with Crippen LogP contribution in [0.5, 0.6) is 0 Å². The van der Waals surface area contributed by atoms with E-state index in [0.29, 0.717) is 12.4 Å². The van der Waals surface area contributed by atoms with Crippen LogP contribution in [0, 0.1) is 10.1 Å². The molecular weight excluding hydrogens is 134 g/mol. The van der Waals surface area contributed by atoms with Gasteiger partial charge in [0.1, 0.15) is 0 Å². The molecule has 0 saturated carbocycles. The number of nitrogens with zero attached hydrogens (tertiary/aromatic N) is 1. The van der Waals surface area contributed by atoms with Crippen molar-refractivity contribution < 1.29 is 4.92 Å². The first kappa shape index (κ1) is 6.60. The van der Waals surface area contributed by atoms with Crippen molar-refractivity contribution in [1.82, 2.24) is 10.6 Å². The summed E-state index contributed by atoms with van der Waals surface area (Å²) in [6.45, 7) is 0.632. The van der Waals surface area contributed by atoms with Crippen molar-refractivity contribution in [1.29, 1.82) is 0 Å². The number of nitrogens with one attached hydrogen (secondary N) is 2. The van der Waals surface area contributed by atoms with Crippen molar-refractivity contribution in [2.45, 2.75) is 0 Å². The lowest BCUT2D eigenvalue weighted by atomic mass is 10.5. The summed E-state index contributed by atoms with van der Waals surface area (Å²) in [7, 11) is 0. The Labute approximate surface area is 57.6 Å². The van der Waals surface area contributed by atoms with Crippen LogP contribution in [0.15, 0.2) is 24.3 Å². The zero-order valence-corrected chi connectivity index (χ0v) is 5.20. The molecule has 0 aliphatic carbocycles. The van der Waals surface area contributed by atoms with E-state index in [4.69, 9.17) is 0 Å². The van der Waals surface area contributed by atoms with E-state index >= 15 is 0 Å². The Bertz CT molecular complexity index is 197. The average molecular weight is 141 g/mol. The number of hydrogen-bond donors (Lipinski definition) is 2. The Hall–Kier alpha value is -1.52. The van der Waals surface area contributed by atoms with Gasteiger partial charge in [-0.1, -0.05) is 0 Å². The molecule has 2 N–H and O–H groups in total. The molecule has 1 aliphatic rings. The van der Waals surface area contributed by atoms with Crippen LogP contribution in [0.1, 0.15) is 0 Å². The summed E-state index contributed by atoms with van der Waals surface area (Å²) in [4.78, 5) is 9.39. The smallest absolute Gasteiger partial charge is 0.274 e. The van der Waals surface area contributed by atoms with Crippen LogP contribution in [0.3, 0.4) is 0 Å². The second kappa shape index (κ2) is 2.86. The highest BCUT2D eigenvalue weighted by Crippen LogP contribution is 1.88. The van der Waals surface area contributed by atoms with Crippen LogP contribution < -0.4 is 10.6 Å². The second-order valence-corrected chi connectivity index (χ2v) is 1.76. The van der Waals surface area contributed by atoms with Gasteiger partial charge in [0.2, 0.25) is 0 Å². The molecule has 5 nitrogen and oxygen atoms in total. The normalized spacial score (nSPS) is 19.8. The van der Waals surface area contributed by atoms with Gasteiger partial charge in [-0.15, -0.1) is 0 Å². The second-order valence-electron chi connectivity index (χ2n) is 1.76. The lowest BCUT2D eigenvalue weighted by Crippen LogP contribution is -2.27. The zero-order valence-electron chi connectivity index (χ0n) is 5.20. The monoisotopic (exact) mass is 141 g/mol. The molecule has 0 amide bonds. The molecule has 54 valence electrons. The Morgan fingerprint density at radius 2 is 2.60 bits per heavy atom. The molecule has 1 rings (SSSR count). The summed E-state index contributed by atoms with van der Waals surface area (Å²) in [6, 6.07) is 0. The lowest BCUT2D eigenvalue weighted by Gasteiger charge is -2.09. The van der Waals surface area contributed by atoms with Gasteiger partial charge in [0, 0.05) is 12.7 Å². The van der Waals surface area contributed by atoms with Crippen molar-refractivity contribution in [3.8, 4) is 0 Å². The maximum atomic E-state index is 9.89. The summed E-state index contributed by atoms with van der Waals surface area (Å²) in [5.74, 6) is 0.424. The van der Waals surface area contributed by atoms with Crippen LogP contribution in [0.25, 0.3) is 0 Å². The molecule has 0 aromatic carbocycles. The molecule has 1 heterocycles. The van der Waals surface area contributed by atoms with Gasteiger partial charge in [0.25, 0.3) is 6.20 Å². The summed E-state index contributed by atoms with van der Waals surface area (Å²) < 4.78 is 0. The summed E-state index contributed by atoms with van der Waals surface area (Å²) in [6.07, 6.45) is 4.38. The number of rotatable bonds is 1. The standard InChI is InChI=1S/C5H7N3O2/c9-8(10)4-5-6-2-1-3-7-5/h1-2,4,6-7H,3H2. The molecule has 0 unspecified atom stereocenters. The minimum atomic E-state index is -0.505. The van der Waals surface area contributed by atoms with Crippen molar-refractivity contribution in [2.75, 3.05) is 6.54 Å². The predicted octanol–water partition coefficient (Wildman–Crippen LogP) is -0.232. The molecule has 0 bridgehead atoms. The molecule has 0 spiro atoms. The molecule has 0 aromatic heterocycles. The first-order valence-corrected chi connectivity index (χ1v) is 2.80. The first-order chi connectivity index (χ1) is 4.79. The van der Waals surface area contributed by atoms with E-state index in [1.165, 1.54) is 0 Å². The average Bonchev–Trinajstić information content (AvgIpc) is 1.88. The zero-order chi connectivity index (χ0) is 7.40. The maximum absolute atomic E-state index is 9.89. The molecule has 0 fully saturated rings. The van der Waals surface area contributed by atoms with Crippen molar-refractivity contribution >= 4 is 0 Å². The van der Waals surface area contributed by atoms with E-state index < -0.39 is 4.92 Å². The molecule has 10 heavy (non-hydrogen) atoms. The van der Waals surface area contributed by atoms with Crippen LogP contribution >= 0.6 is 0 Å². The Morgan fingerprint density at radius 1 is 1.80 bits per heavy atom. The summed E-state index contributed by atoms with van der Waals surface area (Å²) >= 11 is 0. The molecule has 0 aromatic rings. The van der Waals surface area contributed by atoms with Gasteiger partial charge in [0.15, 0.2) is 5.82 Å². The Balaban J connectivity index is 2.56. The van der Waals surface area contributed by atoms with Crippen LogP contribution in [-0.2, 0) is 0 Å². The highest BCUT2D eigenvalue weighted by atomic mass is 16.6. The van der Waals surface area contributed by atoms with Gasteiger partial charge in [-0.3, -0.25) is 10.1 Å². The van der Waals surface area contributed by atoms with E-state index in [9.17, 15) is 10.1 Å². The topological polar surface area (TPSA) is 67.2 Å². The quantitative estimate of drug-likeness (QED) is 0.391. The van der Waals surface area contributed by atoms with Gasteiger partial charge in [0.05, 0.1) is 4.92 Å². The molecule has 1 aliphatic heterocycles. The highest BCUT2D eigenvalue weighted by Gasteiger charge is 2.00. The fourth-order valence-electron chi connectivity index (χ4n) is 0.616. The number of nitro groups is 1. The SMILES string of the molecule is O=[N+]([O-])C=C1NC=CCN1. The third-order valence-electron chi connectivity index (χ3n) is 1.00. The van der Waals surface area contributed by atoms with Crippen molar-refractivity contribution in [3.63, 3.8) is 0 Å². The van der Waals surface area contributed by atoms with Gasteiger partial charge >= 0.3 is 0 Å². The van der Waals surface area contributed by atoms with Crippen molar-refractivity contribution in [2.24, 2.45) is 0 Å². The van der Waals surface area contributed by atoms with Gasteiger partial charge in [-0.05, 0) is 6.08 Å². The van der Waals surface area contributed by atoms with Gasteiger partial charge in [-0.2, -0.15) is 0 Å². The van der Waals surface area contributed by atoms with Gasteiger partial charge in [-0.25, -0.2) is 0 Å². The Kier molecular flexibility index (Phi) is 1.89. The fraction of sp³-hybridized carbons (Fsp3) is 0.200. The van der Waals surface area contributed by atoms with E-state index in [-0.39, 0.29) is 0 Å². The summed E-state index contributed by atoms with van der Waals surface area (Å²) in [5, 5.41) is 15.3. The lowest BCUT2D eigenvalue weighted by molar-refractivity contribution is -0.404. The highest BCUT2D eigenvalue weighted by molar-refractivity contribution is 5.04. The summed E-state index contributed by atoms with van der Waals surface area (Å²) in [5.41, 5.74) is 0. The Morgan fingerprint density at radius 3 is 3.10 bits per heavy atom. The van der Waals surface area contributed by atoms with Crippen LogP contribution in [0.2, 0.25) is 0 Å². The minimum Gasteiger partial charge on any atom is -0.363 e. The van der Waals surface area contributed by atoms with E-state index in [2.05, 4.69) is 10.6 Å². The molecule has 0 saturated heterocycles. The third-order valence-corrected chi connectivity index (χ3v) is 1.00. The largest absolute Gasteiger partial charge is 0.363 e. The number of hydrogen-bond acceptors (Lipinski definition) is 4. The molecule has 5 heteroatoms. The minimum absolute atomic E-state index is 0.424. The van der Waals surface area contributed by atoms with Crippen LogP contribution in [0.4, 0.5) is 0 Å². The van der Waals surface area contributed by atoms with Gasteiger partial charge < -0.3 is 10.6 Å². The first-order valence-electron chi connectivity index (χ1n) is 2.80. The van der Waals surface area contributed by atoms with E-state index in [0.717, 1.165) is 6.20 Å². The molecule has 0 atom stereocenters. The van der Waals surface area contributed by atoms with Crippen LogP contribution in [-0.4, -0.2) is 11.5 Å².